The van der Waals surface area contributed by atoms with Crippen LogP contribution >= 0.6 is 11.3 Å². The molecule has 2 aromatic rings. The van der Waals surface area contributed by atoms with Gasteiger partial charge in [-0.05, 0) is 30.7 Å². The van der Waals surface area contributed by atoms with Crippen molar-refractivity contribution in [3.8, 4) is 5.88 Å². The Morgan fingerprint density at radius 1 is 1.35 bits per heavy atom. The molecule has 2 unspecified atom stereocenters. The third-order valence-electron chi connectivity index (χ3n) is 3.61. The van der Waals surface area contributed by atoms with Crippen LogP contribution in [0.1, 0.15) is 25.7 Å². The van der Waals surface area contributed by atoms with Gasteiger partial charge in [0.2, 0.25) is 11.8 Å². The third kappa shape index (κ3) is 2.70. The second-order valence-electron chi connectivity index (χ2n) is 4.90. The number of hydrogen-bond donors (Lipinski definition) is 2. The van der Waals surface area contributed by atoms with Crippen LogP contribution in [0.2, 0.25) is 0 Å². The average molecular weight is 294 g/mol. The summed E-state index contributed by atoms with van der Waals surface area (Å²) in [5, 5.41) is 2.92. The summed E-state index contributed by atoms with van der Waals surface area (Å²) in [5.41, 5.74) is 2.49. The van der Waals surface area contributed by atoms with E-state index in [2.05, 4.69) is 15.4 Å². The van der Waals surface area contributed by atoms with Crippen molar-refractivity contribution in [2.24, 2.45) is 5.84 Å². The average Bonchev–Trinajstić information content (AvgIpc) is 2.96. The van der Waals surface area contributed by atoms with Gasteiger partial charge in [-0.2, -0.15) is 4.98 Å². The van der Waals surface area contributed by atoms with Gasteiger partial charge in [0.05, 0.1) is 11.5 Å². The number of rotatable bonds is 4. The second kappa shape index (κ2) is 5.90. The summed E-state index contributed by atoms with van der Waals surface area (Å²) in [7, 11) is 1.76. The molecule has 108 valence electrons. The fraction of sp³-hybridized carbons (Fsp3) is 0.538. The highest BCUT2D eigenvalue weighted by molar-refractivity contribution is 7.16. The molecule has 2 heterocycles. The van der Waals surface area contributed by atoms with Crippen molar-refractivity contribution in [3.05, 3.63) is 11.4 Å². The summed E-state index contributed by atoms with van der Waals surface area (Å²) in [6.07, 6.45) is 4.56. The summed E-state index contributed by atoms with van der Waals surface area (Å²) >= 11 is 1.55. The number of aromatic nitrogens is 2. The fourth-order valence-corrected chi connectivity index (χ4v) is 3.32. The number of methoxy groups -OCH3 is 1. The molecule has 0 saturated heterocycles. The topological polar surface area (TPSA) is 82.3 Å². The van der Waals surface area contributed by atoms with Crippen molar-refractivity contribution in [2.45, 2.75) is 37.9 Å². The van der Waals surface area contributed by atoms with Crippen LogP contribution in [-0.2, 0) is 4.74 Å². The molecule has 0 bridgehead atoms. The van der Waals surface area contributed by atoms with Gasteiger partial charge in [-0.3, -0.25) is 5.43 Å². The zero-order valence-electron chi connectivity index (χ0n) is 11.3. The first kappa shape index (κ1) is 13.5. The van der Waals surface area contributed by atoms with Crippen LogP contribution in [0.15, 0.2) is 11.4 Å². The van der Waals surface area contributed by atoms with E-state index in [1.54, 1.807) is 18.4 Å². The number of nitrogen functional groups attached to an aromatic ring is 1. The molecule has 3 N–H and O–H groups in total. The number of nitrogens with zero attached hydrogens (tertiary/aromatic N) is 2. The van der Waals surface area contributed by atoms with Crippen molar-refractivity contribution in [2.75, 3.05) is 12.5 Å². The summed E-state index contributed by atoms with van der Waals surface area (Å²) in [4.78, 5) is 9.52. The molecule has 6 nitrogen and oxygen atoms in total. The molecule has 1 aliphatic carbocycles. The molecule has 1 aliphatic rings. The molecule has 3 rings (SSSR count). The lowest BCUT2D eigenvalue weighted by molar-refractivity contribution is 0.0201. The number of hydrogen-bond acceptors (Lipinski definition) is 7. The molecular weight excluding hydrogens is 276 g/mol. The van der Waals surface area contributed by atoms with Crippen molar-refractivity contribution < 1.29 is 9.47 Å². The molecule has 7 heteroatoms. The quantitative estimate of drug-likeness (QED) is 0.665. The zero-order chi connectivity index (χ0) is 13.9. The molecule has 20 heavy (non-hydrogen) atoms. The van der Waals surface area contributed by atoms with E-state index in [4.69, 9.17) is 15.3 Å². The van der Waals surface area contributed by atoms with E-state index in [-0.39, 0.29) is 12.2 Å². The lowest BCUT2D eigenvalue weighted by Crippen LogP contribution is -2.29. The van der Waals surface area contributed by atoms with E-state index in [9.17, 15) is 0 Å². The zero-order valence-corrected chi connectivity index (χ0v) is 12.2. The number of hydrazine groups is 1. The highest BCUT2D eigenvalue weighted by Gasteiger charge is 2.24. The van der Waals surface area contributed by atoms with Crippen molar-refractivity contribution in [1.29, 1.82) is 0 Å². The first-order valence-corrected chi connectivity index (χ1v) is 7.59. The number of thiophene rings is 1. The lowest BCUT2D eigenvalue weighted by atomic mass is 9.95. The molecule has 0 radical (unpaired) electrons. The Morgan fingerprint density at radius 2 is 2.20 bits per heavy atom. The Hall–Kier alpha value is -1.44. The smallest absolute Gasteiger partial charge is 0.241 e. The Balaban J connectivity index is 1.84. The molecule has 2 atom stereocenters. The van der Waals surface area contributed by atoms with E-state index in [0.29, 0.717) is 11.8 Å². The number of ether oxygens (including phenoxy) is 2. The predicted octanol–water partition coefficient (Wildman–Crippen LogP) is 2.31. The standard InChI is InChI=1S/C13H18N4O2S/c1-18-8-3-2-4-9(7-8)19-11-10-5-6-20-12(10)16-13(15-11)17-14/h5-6,8-9H,2-4,7,14H2,1H3,(H,15,16,17). The Morgan fingerprint density at radius 3 is 3.00 bits per heavy atom. The van der Waals surface area contributed by atoms with Crippen molar-refractivity contribution >= 4 is 27.5 Å². The van der Waals surface area contributed by atoms with E-state index >= 15 is 0 Å². The Bertz CT molecular complexity index is 589. The first-order valence-electron chi connectivity index (χ1n) is 6.71. The third-order valence-corrected chi connectivity index (χ3v) is 4.42. The number of nitrogens with two attached hydrogens (primary N) is 1. The van der Waals surface area contributed by atoms with Crippen LogP contribution in [0.4, 0.5) is 5.95 Å². The number of fused-ring (bicyclic) bond motifs is 1. The number of anilines is 1. The summed E-state index contributed by atoms with van der Waals surface area (Å²) in [6, 6.07) is 1.98. The van der Waals surface area contributed by atoms with E-state index in [0.717, 1.165) is 35.9 Å². The van der Waals surface area contributed by atoms with Crippen molar-refractivity contribution in [3.63, 3.8) is 0 Å². The van der Waals surface area contributed by atoms with E-state index in [1.165, 1.54) is 0 Å². The molecule has 2 aromatic heterocycles. The van der Waals surface area contributed by atoms with Gasteiger partial charge in [-0.15, -0.1) is 11.3 Å². The van der Waals surface area contributed by atoms with Gasteiger partial charge >= 0.3 is 0 Å². The minimum atomic E-state index is 0.136. The highest BCUT2D eigenvalue weighted by Crippen LogP contribution is 2.31. The Labute approximate surface area is 121 Å². The van der Waals surface area contributed by atoms with Crippen LogP contribution in [0.5, 0.6) is 5.88 Å². The fourth-order valence-electron chi connectivity index (χ4n) is 2.56. The largest absolute Gasteiger partial charge is 0.474 e. The van der Waals surface area contributed by atoms with E-state index < -0.39 is 0 Å². The molecule has 1 fully saturated rings. The van der Waals surface area contributed by atoms with Gasteiger partial charge in [0.15, 0.2) is 0 Å². The summed E-state index contributed by atoms with van der Waals surface area (Å²) < 4.78 is 11.5. The van der Waals surface area contributed by atoms with Crippen LogP contribution < -0.4 is 16.0 Å². The van der Waals surface area contributed by atoms with Gasteiger partial charge in [-0.1, -0.05) is 0 Å². The molecule has 1 saturated carbocycles. The summed E-state index contributed by atoms with van der Waals surface area (Å²) in [6.45, 7) is 0. The van der Waals surface area contributed by atoms with Gasteiger partial charge < -0.3 is 9.47 Å². The molecular formula is C13H18N4O2S. The maximum atomic E-state index is 6.08. The van der Waals surface area contributed by atoms with Crippen LogP contribution in [0.25, 0.3) is 10.2 Å². The monoisotopic (exact) mass is 294 g/mol. The highest BCUT2D eigenvalue weighted by atomic mass is 32.1. The van der Waals surface area contributed by atoms with Gasteiger partial charge in [-0.25, -0.2) is 10.8 Å². The molecule has 0 spiro atoms. The Kier molecular flexibility index (Phi) is 4.00. The maximum Gasteiger partial charge on any atom is 0.241 e. The SMILES string of the molecule is COC1CCCC(Oc2nc(NN)nc3sccc23)C1. The maximum absolute atomic E-state index is 6.08. The summed E-state index contributed by atoms with van der Waals surface area (Å²) in [5.74, 6) is 6.40. The minimum absolute atomic E-state index is 0.136. The normalized spacial score (nSPS) is 22.9. The van der Waals surface area contributed by atoms with Gasteiger partial charge in [0.1, 0.15) is 10.9 Å². The molecule has 0 aliphatic heterocycles. The predicted molar refractivity (Wildman–Crippen MR) is 78.9 cm³/mol. The minimum Gasteiger partial charge on any atom is -0.474 e. The lowest BCUT2D eigenvalue weighted by Gasteiger charge is -2.28. The van der Waals surface area contributed by atoms with Crippen LogP contribution in [-0.4, -0.2) is 29.3 Å². The van der Waals surface area contributed by atoms with Gasteiger partial charge in [0.25, 0.3) is 0 Å². The van der Waals surface area contributed by atoms with E-state index in [1.807, 2.05) is 11.4 Å². The molecule has 0 amide bonds. The second-order valence-corrected chi connectivity index (χ2v) is 5.79. The molecule has 0 aromatic carbocycles. The van der Waals surface area contributed by atoms with Crippen molar-refractivity contribution in [1.82, 2.24) is 9.97 Å². The van der Waals surface area contributed by atoms with Gasteiger partial charge in [0, 0.05) is 13.5 Å². The van der Waals surface area contributed by atoms with Crippen LogP contribution in [0, 0.1) is 0 Å². The van der Waals surface area contributed by atoms with Crippen LogP contribution in [0.3, 0.4) is 0 Å². The first-order chi connectivity index (χ1) is 9.80. The number of nitrogens with one attached hydrogen (secondary N) is 1.